The number of hydrogen-bond donors (Lipinski definition) is 1. The fourth-order valence-electron chi connectivity index (χ4n) is 1.23. The summed E-state index contributed by atoms with van der Waals surface area (Å²) < 4.78 is 37.3. The quantitative estimate of drug-likeness (QED) is 0.667. The van der Waals surface area contributed by atoms with Crippen molar-refractivity contribution in [2.24, 2.45) is 0 Å². The summed E-state index contributed by atoms with van der Waals surface area (Å²) in [6.07, 6.45) is -4.22. The average molecular weight is 330 g/mol. The van der Waals surface area contributed by atoms with Crippen LogP contribution >= 0.6 is 22.6 Å². The number of anilines is 2. The van der Waals surface area contributed by atoms with E-state index in [1.54, 1.807) is 18.2 Å². The number of halogens is 4. The Bertz CT molecular complexity index is 352. The van der Waals surface area contributed by atoms with Crippen molar-refractivity contribution >= 4 is 34.0 Å². The lowest BCUT2D eigenvalue weighted by Gasteiger charge is -2.22. The minimum absolute atomic E-state index is 0.355. The summed E-state index contributed by atoms with van der Waals surface area (Å²) in [5.74, 6) is 0. The number of hydrogen-bond acceptors (Lipinski definition) is 2. The molecular formula is C9H10F3IN2. The minimum Gasteiger partial charge on any atom is -0.397 e. The van der Waals surface area contributed by atoms with Crippen molar-refractivity contribution in [2.75, 3.05) is 24.2 Å². The van der Waals surface area contributed by atoms with Crippen molar-refractivity contribution in [1.29, 1.82) is 0 Å². The van der Waals surface area contributed by atoms with E-state index < -0.39 is 12.7 Å². The monoisotopic (exact) mass is 330 g/mol. The summed E-state index contributed by atoms with van der Waals surface area (Å²) in [6.45, 7) is -1.00. The van der Waals surface area contributed by atoms with Crippen LogP contribution in [-0.4, -0.2) is 19.8 Å². The number of nitrogens with zero attached hydrogens (tertiary/aromatic N) is 1. The summed E-state index contributed by atoms with van der Waals surface area (Å²) in [5.41, 5.74) is 6.38. The third-order valence-electron chi connectivity index (χ3n) is 1.82. The van der Waals surface area contributed by atoms with E-state index in [0.717, 1.165) is 8.47 Å². The maximum absolute atomic E-state index is 12.1. The van der Waals surface area contributed by atoms with Crippen LogP contribution in [0.5, 0.6) is 0 Å². The van der Waals surface area contributed by atoms with Gasteiger partial charge in [-0.25, -0.2) is 0 Å². The SMILES string of the molecule is CN(CC(F)(F)F)c1ccc(I)cc1N. The molecule has 0 aromatic heterocycles. The molecule has 2 nitrogen and oxygen atoms in total. The summed E-state index contributed by atoms with van der Waals surface area (Å²) in [7, 11) is 1.37. The maximum atomic E-state index is 12.1. The molecule has 84 valence electrons. The highest BCUT2D eigenvalue weighted by Crippen LogP contribution is 2.27. The molecule has 0 aliphatic heterocycles. The van der Waals surface area contributed by atoms with Gasteiger partial charge in [0.1, 0.15) is 6.54 Å². The van der Waals surface area contributed by atoms with Gasteiger partial charge in [-0.05, 0) is 40.8 Å². The Hall–Kier alpha value is -0.660. The van der Waals surface area contributed by atoms with Gasteiger partial charge in [-0.15, -0.1) is 0 Å². The molecule has 2 N–H and O–H groups in total. The Morgan fingerprint density at radius 1 is 1.40 bits per heavy atom. The third-order valence-corrected chi connectivity index (χ3v) is 2.49. The lowest BCUT2D eigenvalue weighted by molar-refractivity contribution is -0.119. The number of alkyl halides is 3. The van der Waals surface area contributed by atoms with Crippen LogP contribution in [-0.2, 0) is 0 Å². The van der Waals surface area contributed by atoms with Crippen molar-refractivity contribution in [3.63, 3.8) is 0 Å². The van der Waals surface area contributed by atoms with Crippen molar-refractivity contribution < 1.29 is 13.2 Å². The van der Waals surface area contributed by atoms with E-state index in [1.807, 2.05) is 0 Å². The summed E-state index contributed by atoms with van der Waals surface area (Å²) >= 11 is 2.05. The van der Waals surface area contributed by atoms with E-state index in [9.17, 15) is 13.2 Å². The second-order valence-electron chi connectivity index (χ2n) is 3.17. The normalized spacial score (nSPS) is 11.5. The maximum Gasteiger partial charge on any atom is 0.405 e. The number of rotatable bonds is 2. The fourth-order valence-corrected chi connectivity index (χ4v) is 1.74. The van der Waals surface area contributed by atoms with Crippen LogP contribution in [0.15, 0.2) is 18.2 Å². The molecule has 1 aromatic carbocycles. The zero-order chi connectivity index (χ0) is 11.6. The van der Waals surface area contributed by atoms with Gasteiger partial charge >= 0.3 is 6.18 Å². The van der Waals surface area contributed by atoms with Gasteiger partial charge in [0.25, 0.3) is 0 Å². The molecule has 0 saturated carbocycles. The van der Waals surface area contributed by atoms with E-state index in [-0.39, 0.29) is 0 Å². The van der Waals surface area contributed by atoms with Crippen molar-refractivity contribution in [3.8, 4) is 0 Å². The highest BCUT2D eigenvalue weighted by Gasteiger charge is 2.29. The van der Waals surface area contributed by atoms with Gasteiger partial charge in [-0.2, -0.15) is 13.2 Å². The molecule has 0 atom stereocenters. The van der Waals surface area contributed by atoms with E-state index >= 15 is 0 Å². The molecule has 0 unspecified atom stereocenters. The molecule has 6 heteroatoms. The molecule has 0 radical (unpaired) electrons. The first-order chi connectivity index (χ1) is 6.79. The molecule has 15 heavy (non-hydrogen) atoms. The van der Waals surface area contributed by atoms with Gasteiger partial charge in [-0.3, -0.25) is 0 Å². The van der Waals surface area contributed by atoms with E-state index in [0.29, 0.717) is 11.4 Å². The standard InChI is InChI=1S/C9H10F3IN2/c1-15(5-9(10,11)12)8-3-2-6(13)4-7(8)14/h2-4H,5,14H2,1H3. The Morgan fingerprint density at radius 3 is 2.47 bits per heavy atom. The second-order valence-corrected chi connectivity index (χ2v) is 4.42. The Morgan fingerprint density at radius 2 is 2.00 bits per heavy atom. The number of nitrogen functional groups attached to an aromatic ring is 1. The molecule has 1 rings (SSSR count). The van der Waals surface area contributed by atoms with Crippen LogP contribution in [0.3, 0.4) is 0 Å². The van der Waals surface area contributed by atoms with Crippen LogP contribution < -0.4 is 10.6 Å². The van der Waals surface area contributed by atoms with Crippen molar-refractivity contribution in [2.45, 2.75) is 6.18 Å². The van der Waals surface area contributed by atoms with Gasteiger partial charge in [0.05, 0.1) is 11.4 Å². The van der Waals surface area contributed by atoms with E-state index in [1.165, 1.54) is 7.05 Å². The van der Waals surface area contributed by atoms with Gasteiger partial charge in [0, 0.05) is 10.6 Å². The summed E-state index contributed by atoms with van der Waals surface area (Å²) in [6, 6.07) is 4.95. The van der Waals surface area contributed by atoms with Crippen LogP contribution in [0, 0.1) is 3.57 Å². The molecule has 0 amide bonds. The predicted molar refractivity (Wildman–Crippen MR) is 62.9 cm³/mol. The first-order valence-electron chi connectivity index (χ1n) is 4.12. The molecule has 0 fully saturated rings. The summed E-state index contributed by atoms with van der Waals surface area (Å²) in [5, 5.41) is 0. The molecular weight excluding hydrogens is 320 g/mol. The topological polar surface area (TPSA) is 29.3 Å². The molecule has 1 aromatic rings. The zero-order valence-corrected chi connectivity index (χ0v) is 10.1. The lowest BCUT2D eigenvalue weighted by Crippen LogP contribution is -2.31. The molecule has 0 spiro atoms. The third kappa shape index (κ3) is 3.77. The second kappa shape index (κ2) is 4.46. The smallest absolute Gasteiger partial charge is 0.397 e. The van der Waals surface area contributed by atoms with Crippen LogP contribution in [0.2, 0.25) is 0 Å². The Labute approximate surface area is 99.4 Å². The van der Waals surface area contributed by atoms with Gasteiger partial charge in [0.15, 0.2) is 0 Å². The molecule has 0 aliphatic rings. The highest BCUT2D eigenvalue weighted by molar-refractivity contribution is 14.1. The van der Waals surface area contributed by atoms with E-state index in [2.05, 4.69) is 22.6 Å². The van der Waals surface area contributed by atoms with Gasteiger partial charge in [0.2, 0.25) is 0 Å². The molecule has 0 heterocycles. The van der Waals surface area contributed by atoms with Crippen molar-refractivity contribution in [3.05, 3.63) is 21.8 Å². The number of benzene rings is 1. The summed E-state index contributed by atoms with van der Waals surface area (Å²) in [4.78, 5) is 1.09. The van der Waals surface area contributed by atoms with Crippen LogP contribution in [0.25, 0.3) is 0 Å². The van der Waals surface area contributed by atoms with Gasteiger partial charge in [-0.1, -0.05) is 0 Å². The lowest BCUT2D eigenvalue weighted by atomic mass is 10.2. The minimum atomic E-state index is -4.22. The first kappa shape index (κ1) is 12.4. The molecule has 0 aliphatic carbocycles. The molecule has 0 saturated heterocycles. The molecule has 0 bridgehead atoms. The largest absolute Gasteiger partial charge is 0.405 e. The average Bonchev–Trinajstić information content (AvgIpc) is 1.99. The first-order valence-corrected chi connectivity index (χ1v) is 5.20. The highest BCUT2D eigenvalue weighted by atomic mass is 127. The van der Waals surface area contributed by atoms with E-state index in [4.69, 9.17) is 5.73 Å². The van der Waals surface area contributed by atoms with Crippen molar-refractivity contribution in [1.82, 2.24) is 0 Å². The van der Waals surface area contributed by atoms with Crippen LogP contribution in [0.4, 0.5) is 24.5 Å². The predicted octanol–water partition coefficient (Wildman–Crippen LogP) is 2.87. The fraction of sp³-hybridized carbons (Fsp3) is 0.333. The Balaban J connectivity index is 2.87. The zero-order valence-electron chi connectivity index (χ0n) is 7.98. The van der Waals surface area contributed by atoms with Crippen LogP contribution in [0.1, 0.15) is 0 Å². The Kier molecular flexibility index (Phi) is 3.69. The number of nitrogens with two attached hydrogens (primary N) is 1. The van der Waals surface area contributed by atoms with Gasteiger partial charge < -0.3 is 10.6 Å².